The standard InChI is InChI=1S/C18H22O2/c1-18-9-8-14-13-5-3-12(19)10-11(13)2-4-15(14)16(18)6-7-17(18)20/h3-5,10,14,16-17,19-20H,2,6-9H2,1H3/t14-,16-,17-,18-/m0/s1. The second kappa shape index (κ2) is 4.11. The maximum absolute atomic E-state index is 10.3. The van der Waals surface area contributed by atoms with Gasteiger partial charge in [-0.3, -0.25) is 0 Å². The predicted molar refractivity (Wildman–Crippen MR) is 78.7 cm³/mol. The number of fused-ring (bicyclic) bond motifs is 5. The molecule has 0 aliphatic heterocycles. The van der Waals surface area contributed by atoms with Crippen molar-refractivity contribution in [3.8, 4) is 5.75 Å². The number of benzene rings is 1. The molecule has 2 N–H and O–H groups in total. The van der Waals surface area contributed by atoms with Gasteiger partial charge in [0.1, 0.15) is 5.75 Å². The topological polar surface area (TPSA) is 40.5 Å². The van der Waals surface area contributed by atoms with Crippen molar-refractivity contribution in [2.45, 2.75) is 51.0 Å². The van der Waals surface area contributed by atoms with Gasteiger partial charge in [0.05, 0.1) is 6.10 Å². The SMILES string of the molecule is C[C@]12CC[C@@H]3C(=CCc4cc(O)ccc43)[C@@H]1CC[C@@H]2O. The van der Waals surface area contributed by atoms with E-state index in [9.17, 15) is 10.2 Å². The smallest absolute Gasteiger partial charge is 0.115 e. The third-order valence-electron chi connectivity index (χ3n) is 6.12. The third kappa shape index (κ3) is 1.54. The molecule has 0 amide bonds. The lowest BCUT2D eigenvalue weighted by atomic mass is 9.59. The quantitative estimate of drug-likeness (QED) is 0.708. The summed E-state index contributed by atoms with van der Waals surface area (Å²) < 4.78 is 0. The van der Waals surface area contributed by atoms with Crippen molar-refractivity contribution in [3.63, 3.8) is 0 Å². The molecular weight excluding hydrogens is 248 g/mol. The number of phenolic OH excluding ortho intramolecular Hbond substituents is 1. The Labute approximate surface area is 120 Å². The molecule has 2 heteroatoms. The molecule has 2 fully saturated rings. The molecule has 106 valence electrons. The van der Waals surface area contributed by atoms with E-state index in [2.05, 4.69) is 19.1 Å². The number of hydrogen-bond acceptors (Lipinski definition) is 2. The molecule has 2 saturated carbocycles. The number of allylic oxidation sites excluding steroid dienone is 2. The summed E-state index contributed by atoms with van der Waals surface area (Å²) in [6.07, 6.45) is 7.51. The fraction of sp³-hybridized carbons (Fsp3) is 0.556. The summed E-state index contributed by atoms with van der Waals surface area (Å²) in [5.41, 5.74) is 4.34. The van der Waals surface area contributed by atoms with Crippen LogP contribution in [0.3, 0.4) is 0 Å². The zero-order valence-electron chi connectivity index (χ0n) is 12.0. The van der Waals surface area contributed by atoms with Crippen molar-refractivity contribution < 1.29 is 10.2 Å². The highest BCUT2D eigenvalue weighted by Gasteiger charge is 2.51. The lowest BCUT2D eigenvalue weighted by Gasteiger charge is -2.46. The molecule has 4 rings (SSSR count). The molecule has 1 aromatic rings. The molecular formula is C18H22O2. The minimum atomic E-state index is -0.129. The fourth-order valence-electron chi connectivity index (χ4n) is 4.93. The summed E-state index contributed by atoms with van der Waals surface area (Å²) in [4.78, 5) is 0. The van der Waals surface area contributed by atoms with Gasteiger partial charge in [0.2, 0.25) is 0 Å². The number of hydrogen-bond donors (Lipinski definition) is 2. The molecule has 3 aliphatic rings. The highest BCUT2D eigenvalue weighted by atomic mass is 16.3. The number of aromatic hydroxyl groups is 1. The number of phenols is 1. The molecule has 1 aromatic carbocycles. The monoisotopic (exact) mass is 270 g/mol. The van der Waals surface area contributed by atoms with Crippen LogP contribution >= 0.6 is 0 Å². The minimum Gasteiger partial charge on any atom is -0.508 e. The summed E-state index contributed by atoms with van der Waals surface area (Å²) in [6.45, 7) is 2.28. The summed E-state index contributed by atoms with van der Waals surface area (Å²) >= 11 is 0. The lowest BCUT2D eigenvalue weighted by Crippen LogP contribution is -2.39. The Balaban J connectivity index is 1.76. The van der Waals surface area contributed by atoms with Gasteiger partial charge >= 0.3 is 0 Å². The van der Waals surface area contributed by atoms with Crippen LogP contribution in [0.5, 0.6) is 5.75 Å². The van der Waals surface area contributed by atoms with Crippen LogP contribution in [0.2, 0.25) is 0 Å². The van der Waals surface area contributed by atoms with Gasteiger partial charge in [-0.25, -0.2) is 0 Å². The van der Waals surface area contributed by atoms with E-state index in [1.807, 2.05) is 12.1 Å². The first-order chi connectivity index (χ1) is 9.59. The van der Waals surface area contributed by atoms with Crippen LogP contribution < -0.4 is 0 Å². The Bertz CT molecular complexity index is 589. The minimum absolute atomic E-state index is 0.0940. The summed E-state index contributed by atoms with van der Waals surface area (Å²) in [7, 11) is 0. The van der Waals surface area contributed by atoms with E-state index in [0.717, 1.165) is 32.1 Å². The van der Waals surface area contributed by atoms with E-state index in [4.69, 9.17) is 0 Å². The van der Waals surface area contributed by atoms with Gasteiger partial charge in [0.25, 0.3) is 0 Å². The second-order valence-electron chi connectivity index (χ2n) is 7.03. The molecule has 0 heterocycles. The van der Waals surface area contributed by atoms with Gasteiger partial charge in [-0.05, 0) is 61.3 Å². The van der Waals surface area contributed by atoms with Crippen molar-refractivity contribution in [3.05, 3.63) is 41.0 Å². The zero-order valence-corrected chi connectivity index (χ0v) is 12.0. The molecule has 0 spiro atoms. The van der Waals surface area contributed by atoms with E-state index >= 15 is 0 Å². The van der Waals surface area contributed by atoms with Gasteiger partial charge in [-0.1, -0.05) is 24.6 Å². The Morgan fingerprint density at radius 1 is 1.20 bits per heavy atom. The first kappa shape index (κ1) is 12.5. The first-order valence-electron chi connectivity index (χ1n) is 7.79. The van der Waals surface area contributed by atoms with Crippen LogP contribution in [0.1, 0.15) is 49.7 Å². The highest BCUT2D eigenvalue weighted by Crippen LogP contribution is 2.59. The lowest BCUT2D eigenvalue weighted by molar-refractivity contribution is 0.0267. The van der Waals surface area contributed by atoms with Crippen molar-refractivity contribution >= 4 is 0 Å². The molecule has 4 atom stereocenters. The fourth-order valence-corrected chi connectivity index (χ4v) is 4.93. The predicted octanol–water partition coefficient (Wildman–Crippen LogP) is 3.53. The van der Waals surface area contributed by atoms with Gasteiger partial charge in [0, 0.05) is 11.3 Å². The van der Waals surface area contributed by atoms with E-state index in [0.29, 0.717) is 17.6 Å². The van der Waals surface area contributed by atoms with Crippen molar-refractivity contribution in [2.24, 2.45) is 11.3 Å². The molecule has 0 aromatic heterocycles. The van der Waals surface area contributed by atoms with Gasteiger partial charge < -0.3 is 10.2 Å². The average Bonchev–Trinajstić information content (AvgIpc) is 2.74. The summed E-state index contributed by atoms with van der Waals surface area (Å²) in [6, 6.07) is 5.84. The molecule has 3 aliphatic carbocycles. The summed E-state index contributed by atoms with van der Waals surface area (Å²) in [5.74, 6) is 1.44. The Hall–Kier alpha value is -1.28. The van der Waals surface area contributed by atoms with E-state index in [1.54, 1.807) is 5.57 Å². The molecule has 0 saturated heterocycles. The van der Waals surface area contributed by atoms with Gasteiger partial charge in [-0.2, -0.15) is 0 Å². The van der Waals surface area contributed by atoms with Crippen LogP contribution in [-0.4, -0.2) is 16.3 Å². The normalized spacial score (nSPS) is 38.7. The van der Waals surface area contributed by atoms with Crippen molar-refractivity contribution in [2.75, 3.05) is 0 Å². The Kier molecular flexibility index (Phi) is 2.56. The van der Waals surface area contributed by atoms with Gasteiger partial charge in [-0.15, -0.1) is 0 Å². The number of rotatable bonds is 0. The molecule has 0 radical (unpaired) electrons. The van der Waals surface area contributed by atoms with Crippen molar-refractivity contribution in [1.29, 1.82) is 0 Å². The summed E-state index contributed by atoms with van der Waals surface area (Å²) in [5, 5.41) is 20.0. The average molecular weight is 270 g/mol. The van der Waals surface area contributed by atoms with Crippen LogP contribution in [0.15, 0.2) is 29.8 Å². The van der Waals surface area contributed by atoms with E-state index in [-0.39, 0.29) is 11.5 Å². The zero-order chi connectivity index (χ0) is 13.9. The van der Waals surface area contributed by atoms with Crippen LogP contribution in [0, 0.1) is 11.3 Å². The molecule has 0 unspecified atom stereocenters. The maximum Gasteiger partial charge on any atom is 0.115 e. The number of aliphatic hydroxyl groups excluding tert-OH is 1. The van der Waals surface area contributed by atoms with E-state index in [1.165, 1.54) is 11.1 Å². The molecule has 2 nitrogen and oxygen atoms in total. The Morgan fingerprint density at radius 3 is 2.90 bits per heavy atom. The first-order valence-corrected chi connectivity index (χ1v) is 7.79. The van der Waals surface area contributed by atoms with Crippen LogP contribution in [0.4, 0.5) is 0 Å². The maximum atomic E-state index is 10.3. The molecule has 0 bridgehead atoms. The third-order valence-corrected chi connectivity index (χ3v) is 6.12. The van der Waals surface area contributed by atoms with Crippen LogP contribution in [-0.2, 0) is 6.42 Å². The number of aliphatic hydroxyl groups is 1. The van der Waals surface area contributed by atoms with Gasteiger partial charge in [0.15, 0.2) is 0 Å². The largest absolute Gasteiger partial charge is 0.508 e. The highest BCUT2D eigenvalue weighted by molar-refractivity contribution is 5.47. The molecule has 20 heavy (non-hydrogen) atoms. The Morgan fingerprint density at radius 2 is 2.05 bits per heavy atom. The second-order valence-corrected chi connectivity index (χ2v) is 7.03. The van der Waals surface area contributed by atoms with Crippen molar-refractivity contribution in [1.82, 2.24) is 0 Å². The van der Waals surface area contributed by atoms with E-state index < -0.39 is 0 Å². The van der Waals surface area contributed by atoms with Crippen LogP contribution in [0.25, 0.3) is 0 Å².